The van der Waals surface area contributed by atoms with Gasteiger partial charge in [-0.15, -0.1) is 0 Å². The summed E-state index contributed by atoms with van der Waals surface area (Å²) in [6, 6.07) is 3.47. The molecule has 1 rings (SSSR count). The number of aryl methyl sites for hydroxylation is 1. The highest BCUT2D eigenvalue weighted by molar-refractivity contribution is 5.91. The molecule has 15 heavy (non-hydrogen) atoms. The van der Waals surface area contributed by atoms with Crippen molar-refractivity contribution < 1.29 is 9.21 Å². The van der Waals surface area contributed by atoms with Gasteiger partial charge in [-0.25, -0.2) is 0 Å². The van der Waals surface area contributed by atoms with E-state index in [9.17, 15) is 4.79 Å². The van der Waals surface area contributed by atoms with Gasteiger partial charge in [0.05, 0.1) is 0 Å². The quantitative estimate of drug-likeness (QED) is 0.696. The molecule has 4 nitrogen and oxygen atoms in total. The lowest BCUT2D eigenvalue weighted by atomic mass is 10.4. The summed E-state index contributed by atoms with van der Waals surface area (Å²) in [6.07, 6.45) is 1.10. The van der Waals surface area contributed by atoms with Gasteiger partial charge in [-0.1, -0.05) is 6.92 Å². The van der Waals surface area contributed by atoms with E-state index in [-0.39, 0.29) is 5.91 Å². The molecule has 2 N–H and O–H groups in total. The van der Waals surface area contributed by atoms with Crippen LogP contribution in [0.4, 0.5) is 0 Å². The standard InChI is InChI=1S/C11H18N2O2/c1-3-6-12-7-8-13-11(14)10-5-4-9(2)15-10/h4-5,12H,3,6-8H2,1-2H3,(H,13,14). The van der Waals surface area contributed by atoms with Crippen molar-refractivity contribution in [3.8, 4) is 0 Å². The van der Waals surface area contributed by atoms with Crippen LogP contribution in [0.15, 0.2) is 16.5 Å². The smallest absolute Gasteiger partial charge is 0.287 e. The molecule has 0 bridgehead atoms. The minimum absolute atomic E-state index is 0.151. The summed E-state index contributed by atoms with van der Waals surface area (Å²) in [5.41, 5.74) is 0. The van der Waals surface area contributed by atoms with Gasteiger partial charge in [0.25, 0.3) is 5.91 Å². The summed E-state index contributed by atoms with van der Waals surface area (Å²) in [5, 5.41) is 5.98. The zero-order valence-corrected chi connectivity index (χ0v) is 9.30. The molecule has 0 aliphatic heterocycles. The molecule has 0 fully saturated rings. The SMILES string of the molecule is CCCNCCNC(=O)c1ccc(C)o1. The van der Waals surface area contributed by atoms with Gasteiger partial charge >= 0.3 is 0 Å². The Morgan fingerprint density at radius 3 is 2.73 bits per heavy atom. The van der Waals surface area contributed by atoms with Crippen LogP contribution in [0.2, 0.25) is 0 Å². The molecule has 1 heterocycles. The highest BCUT2D eigenvalue weighted by atomic mass is 16.3. The summed E-state index contributed by atoms with van der Waals surface area (Å²) in [7, 11) is 0. The van der Waals surface area contributed by atoms with Crippen molar-refractivity contribution in [2.45, 2.75) is 20.3 Å². The van der Waals surface area contributed by atoms with E-state index in [0.717, 1.165) is 25.3 Å². The van der Waals surface area contributed by atoms with Crippen molar-refractivity contribution in [3.63, 3.8) is 0 Å². The van der Waals surface area contributed by atoms with Gasteiger partial charge < -0.3 is 15.1 Å². The molecule has 1 amide bonds. The highest BCUT2D eigenvalue weighted by Crippen LogP contribution is 2.05. The van der Waals surface area contributed by atoms with Crippen molar-refractivity contribution in [2.75, 3.05) is 19.6 Å². The number of hydrogen-bond acceptors (Lipinski definition) is 3. The average Bonchev–Trinajstić information content (AvgIpc) is 2.64. The minimum Gasteiger partial charge on any atom is -0.456 e. The molecule has 0 aliphatic carbocycles. The lowest BCUT2D eigenvalue weighted by Gasteiger charge is -2.03. The zero-order valence-electron chi connectivity index (χ0n) is 9.30. The Kier molecular flexibility index (Phi) is 4.90. The first-order chi connectivity index (χ1) is 7.24. The lowest BCUT2D eigenvalue weighted by Crippen LogP contribution is -2.31. The maximum atomic E-state index is 11.5. The fraction of sp³-hybridized carbons (Fsp3) is 0.545. The third-order valence-electron chi connectivity index (χ3n) is 1.98. The number of rotatable bonds is 6. The zero-order chi connectivity index (χ0) is 11.1. The average molecular weight is 210 g/mol. The summed E-state index contributed by atoms with van der Waals surface area (Å²) in [4.78, 5) is 11.5. The molecule has 4 heteroatoms. The Morgan fingerprint density at radius 1 is 1.33 bits per heavy atom. The molecule has 0 aliphatic rings. The van der Waals surface area contributed by atoms with Crippen LogP contribution in [0.5, 0.6) is 0 Å². The maximum absolute atomic E-state index is 11.5. The van der Waals surface area contributed by atoms with Gasteiger partial charge in [-0.2, -0.15) is 0 Å². The van der Waals surface area contributed by atoms with Crippen LogP contribution >= 0.6 is 0 Å². The summed E-state index contributed by atoms with van der Waals surface area (Å²) < 4.78 is 5.19. The second-order valence-corrected chi connectivity index (χ2v) is 3.42. The molecule has 0 radical (unpaired) electrons. The van der Waals surface area contributed by atoms with Crippen molar-refractivity contribution in [1.29, 1.82) is 0 Å². The molecule has 0 unspecified atom stereocenters. The summed E-state index contributed by atoms with van der Waals surface area (Å²) in [5.74, 6) is 0.980. The van der Waals surface area contributed by atoms with Gasteiger partial charge in [-0.05, 0) is 32.0 Å². The van der Waals surface area contributed by atoms with E-state index >= 15 is 0 Å². The molecule has 1 aromatic rings. The maximum Gasteiger partial charge on any atom is 0.287 e. The van der Waals surface area contributed by atoms with E-state index in [4.69, 9.17) is 4.42 Å². The predicted octanol–water partition coefficient (Wildman–Crippen LogP) is 1.32. The van der Waals surface area contributed by atoms with Crippen molar-refractivity contribution >= 4 is 5.91 Å². The van der Waals surface area contributed by atoms with E-state index in [1.807, 2.05) is 6.92 Å². The molecule has 84 valence electrons. The first kappa shape index (κ1) is 11.8. The number of carbonyl (C=O) groups excluding carboxylic acids is 1. The number of carbonyl (C=O) groups is 1. The molecule has 0 saturated heterocycles. The van der Waals surface area contributed by atoms with Crippen molar-refractivity contribution in [1.82, 2.24) is 10.6 Å². The van der Waals surface area contributed by atoms with Crippen LogP contribution in [0, 0.1) is 6.92 Å². The van der Waals surface area contributed by atoms with Gasteiger partial charge in [0, 0.05) is 13.1 Å². The summed E-state index contributed by atoms with van der Waals surface area (Å²) in [6.45, 7) is 6.32. The van der Waals surface area contributed by atoms with Crippen LogP contribution < -0.4 is 10.6 Å². The Morgan fingerprint density at radius 2 is 2.13 bits per heavy atom. The molecule has 0 saturated carbocycles. The lowest BCUT2D eigenvalue weighted by molar-refractivity contribution is 0.0925. The van der Waals surface area contributed by atoms with Gasteiger partial charge in [0.15, 0.2) is 5.76 Å². The molecular weight excluding hydrogens is 192 g/mol. The van der Waals surface area contributed by atoms with Crippen molar-refractivity contribution in [3.05, 3.63) is 23.7 Å². The van der Waals surface area contributed by atoms with Crippen LogP contribution in [0.25, 0.3) is 0 Å². The van der Waals surface area contributed by atoms with Crippen LogP contribution in [0.3, 0.4) is 0 Å². The Balaban J connectivity index is 2.19. The Bertz CT molecular complexity index is 307. The largest absolute Gasteiger partial charge is 0.456 e. The fourth-order valence-corrected chi connectivity index (χ4v) is 1.21. The third-order valence-corrected chi connectivity index (χ3v) is 1.98. The van der Waals surface area contributed by atoms with E-state index < -0.39 is 0 Å². The van der Waals surface area contributed by atoms with Crippen LogP contribution in [0.1, 0.15) is 29.7 Å². The first-order valence-electron chi connectivity index (χ1n) is 5.29. The monoisotopic (exact) mass is 210 g/mol. The number of amides is 1. The second kappa shape index (κ2) is 6.24. The normalized spacial score (nSPS) is 10.3. The number of hydrogen-bond donors (Lipinski definition) is 2. The van der Waals surface area contributed by atoms with E-state index in [0.29, 0.717) is 12.3 Å². The molecular formula is C11H18N2O2. The van der Waals surface area contributed by atoms with E-state index in [2.05, 4.69) is 17.6 Å². The van der Waals surface area contributed by atoms with E-state index in [1.165, 1.54) is 0 Å². The molecule has 1 aromatic heterocycles. The van der Waals surface area contributed by atoms with E-state index in [1.54, 1.807) is 12.1 Å². The fourth-order valence-electron chi connectivity index (χ4n) is 1.21. The Hall–Kier alpha value is -1.29. The molecule has 0 spiro atoms. The molecule has 0 atom stereocenters. The van der Waals surface area contributed by atoms with Gasteiger partial charge in [-0.3, -0.25) is 4.79 Å². The summed E-state index contributed by atoms with van der Waals surface area (Å²) >= 11 is 0. The minimum atomic E-state index is -0.151. The van der Waals surface area contributed by atoms with Gasteiger partial charge in [0.2, 0.25) is 0 Å². The topological polar surface area (TPSA) is 54.3 Å². The van der Waals surface area contributed by atoms with Crippen LogP contribution in [-0.2, 0) is 0 Å². The van der Waals surface area contributed by atoms with Crippen LogP contribution in [-0.4, -0.2) is 25.5 Å². The second-order valence-electron chi connectivity index (χ2n) is 3.42. The molecule has 0 aromatic carbocycles. The number of nitrogens with one attached hydrogen (secondary N) is 2. The highest BCUT2D eigenvalue weighted by Gasteiger charge is 2.07. The Labute approximate surface area is 90.0 Å². The first-order valence-corrected chi connectivity index (χ1v) is 5.29. The van der Waals surface area contributed by atoms with Crippen molar-refractivity contribution in [2.24, 2.45) is 0 Å². The third kappa shape index (κ3) is 4.16. The predicted molar refractivity (Wildman–Crippen MR) is 58.9 cm³/mol. The number of furan rings is 1. The van der Waals surface area contributed by atoms with Gasteiger partial charge in [0.1, 0.15) is 5.76 Å².